The largest absolute Gasteiger partial charge is 0.497 e. The number of rotatable bonds is 9. The molecule has 0 saturated heterocycles. The van der Waals surface area contributed by atoms with E-state index in [0.717, 1.165) is 0 Å². The quantitative estimate of drug-likeness (QED) is 0.517. The number of pyridine rings is 1. The van der Waals surface area contributed by atoms with E-state index in [0.29, 0.717) is 53.0 Å². The van der Waals surface area contributed by atoms with Crippen molar-refractivity contribution >= 4 is 23.2 Å². The van der Waals surface area contributed by atoms with Gasteiger partial charge in [0, 0.05) is 30.1 Å². The molecule has 1 aromatic heterocycles. The molecule has 8 heteroatoms. The number of benzene rings is 2. The molecular weight excluding hydrogens is 410 g/mol. The van der Waals surface area contributed by atoms with Crippen molar-refractivity contribution < 1.29 is 23.8 Å². The van der Waals surface area contributed by atoms with Crippen molar-refractivity contribution in [2.24, 2.45) is 0 Å². The molecule has 32 heavy (non-hydrogen) atoms. The van der Waals surface area contributed by atoms with Crippen LogP contribution in [0.3, 0.4) is 0 Å². The predicted molar refractivity (Wildman–Crippen MR) is 122 cm³/mol. The molecule has 0 radical (unpaired) electrons. The van der Waals surface area contributed by atoms with Crippen molar-refractivity contribution in [2.45, 2.75) is 13.8 Å². The Hall–Kier alpha value is -4.07. The molecular formula is C24H25N3O5. The van der Waals surface area contributed by atoms with Crippen molar-refractivity contribution in [1.82, 2.24) is 4.98 Å². The van der Waals surface area contributed by atoms with E-state index in [1.807, 2.05) is 13.8 Å². The van der Waals surface area contributed by atoms with Gasteiger partial charge in [-0.1, -0.05) is 0 Å². The lowest BCUT2D eigenvalue weighted by molar-refractivity contribution is 0.101. The molecule has 2 amide bonds. The molecule has 3 rings (SSSR count). The number of anilines is 2. The molecule has 0 aliphatic heterocycles. The molecule has 0 fully saturated rings. The highest BCUT2D eigenvalue weighted by Crippen LogP contribution is 2.37. The van der Waals surface area contributed by atoms with Gasteiger partial charge in [0.15, 0.2) is 0 Å². The molecule has 0 bridgehead atoms. The van der Waals surface area contributed by atoms with Crippen molar-refractivity contribution in [3.8, 4) is 17.2 Å². The summed E-state index contributed by atoms with van der Waals surface area (Å²) in [4.78, 5) is 29.3. The molecule has 0 aliphatic carbocycles. The van der Waals surface area contributed by atoms with Crippen LogP contribution < -0.4 is 24.8 Å². The van der Waals surface area contributed by atoms with Crippen LogP contribution in [0.2, 0.25) is 0 Å². The SMILES string of the molecule is CCOc1cc(NC(=O)c2cccnc2)c(OCC)cc1NC(=O)c1ccc(OC)cc1. The van der Waals surface area contributed by atoms with Crippen molar-refractivity contribution in [1.29, 1.82) is 0 Å². The first-order chi connectivity index (χ1) is 15.5. The number of methoxy groups -OCH3 is 1. The maximum absolute atomic E-state index is 12.8. The molecule has 166 valence electrons. The number of nitrogens with zero attached hydrogens (tertiary/aromatic N) is 1. The first kappa shape index (κ1) is 22.6. The average Bonchev–Trinajstić information content (AvgIpc) is 2.82. The van der Waals surface area contributed by atoms with Gasteiger partial charge in [0.1, 0.15) is 17.2 Å². The molecule has 3 aromatic rings. The summed E-state index contributed by atoms with van der Waals surface area (Å²) >= 11 is 0. The van der Waals surface area contributed by atoms with Crippen molar-refractivity contribution in [2.75, 3.05) is 31.0 Å². The average molecular weight is 435 g/mol. The van der Waals surface area contributed by atoms with E-state index in [-0.39, 0.29) is 11.8 Å². The fraction of sp³-hybridized carbons (Fsp3) is 0.208. The number of carbonyl (C=O) groups is 2. The number of ether oxygens (including phenoxy) is 3. The highest BCUT2D eigenvalue weighted by molar-refractivity contribution is 6.07. The van der Waals surface area contributed by atoms with Gasteiger partial charge >= 0.3 is 0 Å². The minimum Gasteiger partial charge on any atom is -0.497 e. The van der Waals surface area contributed by atoms with Gasteiger partial charge in [-0.15, -0.1) is 0 Å². The predicted octanol–water partition coefficient (Wildman–Crippen LogP) is 4.39. The van der Waals surface area contributed by atoms with Gasteiger partial charge in [-0.3, -0.25) is 14.6 Å². The second-order valence-electron chi connectivity index (χ2n) is 6.59. The molecule has 0 aliphatic rings. The Labute approximate surface area is 186 Å². The van der Waals surface area contributed by atoms with E-state index in [1.165, 1.54) is 6.20 Å². The van der Waals surface area contributed by atoms with E-state index >= 15 is 0 Å². The second-order valence-corrected chi connectivity index (χ2v) is 6.59. The number of aromatic nitrogens is 1. The zero-order valence-corrected chi connectivity index (χ0v) is 18.2. The number of carbonyl (C=O) groups excluding carboxylic acids is 2. The third-order valence-electron chi connectivity index (χ3n) is 4.45. The molecule has 2 aromatic carbocycles. The first-order valence-electron chi connectivity index (χ1n) is 10.2. The second kappa shape index (κ2) is 10.8. The van der Waals surface area contributed by atoms with E-state index in [1.54, 1.807) is 61.8 Å². The van der Waals surface area contributed by atoms with Crippen LogP contribution in [-0.2, 0) is 0 Å². The Morgan fingerprint density at radius 1 is 0.844 bits per heavy atom. The summed E-state index contributed by atoms with van der Waals surface area (Å²) in [5.74, 6) is 0.807. The summed E-state index contributed by atoms with van der Waals surface area (Å²) < 4.78 is 16.6. The van der Waals surface area contributed by atoms with Gasteiger partial charge in [-0.2, -0.15) is 0 Å². The van der Waals surface area contributed by atoms with Gasteiger partial charge in [0.2, 0.25) is 0 Å². The van der Waals surface area contributed by atoms with Crippen molar-refractivity contribution in [3.05, 3.63) is 72.1 Å². The Morgan fingerprint density at radius 3 is 1.88 bits per heavy atom. The highest BCUT2D eigenvalue weighted by atomic mass is 16.5. The first-order valence-corrected chi connectivity index (χ1v) is 10.2. The normalized spacial score (nSPS) is 10.2. The van der Waals surface area contributed by atoms with E-state index in [9.17, 15) is 9.59 Å². The standard InChI is InChI=1S/C24H25N3O5/c1-4-31-21-14-20(27-24(29)17-7-6-12-25-15-17)22(32-5-2)13-19(21)26-23(28)16-8-10-18(30-3)11-9-16/h6-15H,4-5H2,1-3H3,(H,26,28)(H,27,29). The van der Waals surface area contributed by atoms with Crippen molar-refractivity contribution in [3.63, 3.8) is 0 Å². The van der Waals surface area contributed by atoms with Gasteiger partial charge in [-0.05, 0) is 50.2 Å². The number of hydrogen-bond acceptors (Lipinski definition) is 6. The monoisotopic (exact) mass is 435 g/mol. The Balaban J connectivity index is 1.90. The summed E-state index contributed by atoms with van der Waals surface area (Å²) in [5.41, 5.74) is 1.71. The van der Waals surface area contributed by atoms with Crippen LogP contribution in [0.25, 0.3) is 0 Å². The topological polar surface area (TPSA) is 98.8 Å². The third kappa shape index (κ3) is 5.54. The lowest BCUT2D eigenvalue weighted by atomic mass is 10.1. The molecule has 1 heterocycles. The summed E-state index contributed by atoms with van der Waals surface area (Å²) in [6, 6.07) is 13.4. The molecule has 0 saturated carbocycles. The smallest absolute Gasteiger partial charge is 0.257 e. The Bertz CT molecular complexity index is 1070. The van der Waals surface area contributed by atoms with E-state index in [2.05, 4.69) is 15.6 Å². The zero-order chi connectivity index (χ0) is 22.9. The fourth-order valence-electron chi connectivity index (χ4n) is 2.93. The highest BCUT2D eigenvalue weighted by Gasteiger charge is 2.17. The molecule has 0 spiro atoms. The number of amides is 2. The molecule has 8 nitrogen and oxygen atoms in total. The van der Waals surface area contributed by atoms with Crippen LogP contribution in [0.4, 0.5) is 11.4 Å². The van der Waals surface area contributed by atoms with Gasteiger partial charge < -0.3 is 24.8 Å². The zero-order valence-electron chi connectivity index (χ0n) is 18.2. The van der Waals surface area contributed by atoms with Crippen LogP contribution in [0.5, 0.6) is 17.2 Å². The Morgan fingerprint density at radius 2 is 1.41 bits per heavy atom. The lowest BCUT2D eigenvalue weighted by Gasteiger charge is -2.18. The number of hydrogen-bond donors (Lipinski definition) is 2. The fourth-order valence-corrected chi connectivity index (χ4v) is 2.93. The summed E-state index contributed by atoms with van der Waals surface area (Å²) in [6.45, 7) is 4.41. The maximum Gasteiger partial charge on any atom is 0.257 e. The van der Waals surface area contributed by atoms with Crippen LogP contribution in [-0.4, -0.2) is 37.1 Å². The molecule has 0 atom stereocenters. The third-order valence-corrected chi connectivity index (χ3v) is 4.45. The van der Waals surface area contributed by atoms with E-state index in [4.69, 9.17) is 14.2 Å². The summed E-state index contributed by atoms with van der Waals surface area (Å²) in [7, 11) is 1.56. The van der Waals surface area contributed by atoms with Crippen LogP contribution in [0, 0.1) is 0 Å². The van der Waals surface area contributed by atoms with Crippen LogP contribution >= 0.6 is 0 Å². The van der Waals surface area contributed by atoms with Gasteiger partial charge in [0.05, 0.1) is 37.3 Å². The van der Waals surface area contributed by atoms with E-state index < -0.39 is 0 Å². The minimum atomic E-state index is -0.337. The lowest BCUT2D eigenvalue weighted by Crippen LogP contribution is -2.16. The Kier molecular flexibility index (Phi) is 7.64. The minimum absolute atomic E-state index is 0.316. The number of nitrogens with one attached hydrogen (secondary N) is 2. The van der Waals surface area contributed by atoms with Crippen LogP contribution in [0.15, 0.2) is 60.9 Å². The maximum atomic E-state index is 12.8. The summed E-state index contributed by atoms with van der Waals surface area (Å²) in [6.07, 6.45) is 3.07. The van der Waals surface area contributed by atoms with Gasteiger partial charge in [0.25, 0.3) is 11.8 Å². The van der Waals surface area contributed by atoms with Crippen LogP contribution in [0.1, 0.15) is 34.6 Å². The molecule has 0 unspecified atom stereocenters. The molecule has 2 N–H and O–H groups in total. The summed E-state index contributed by atoms with van der Waals surface area (Å²) in [5, 5.41) is 5.68. The van der Waals surface area contributed by atoms with Gasteiger partial charge in [-0.25, -0.2) is 0 Å².